The Kier molecular flexibility index (Phi) is 7.22. The van der Waals surface area contributed by atoms with Gasteiger partial charge in [-0.25, -0.2) is 4.79 Å². The maximum atomic E-state index is 12.7. The maximum Gasteiger partial charge on any atom is 0.471 e. The lowest BCUT2D eigenvalue weighted by Crippen LogP contribution is -2.63. The van der Waals surface area contributed by atoms with Gasteiger partial charge >= 0.3 is 30.0 Å². The van der Waals surface area contributed by atoms with E-state index in [1.807, 2.05) is 0 Å². The molecule has 1 aliphatic rings. The van der Waals surface area contributed by atoms with Crippen molar-refractivity contribution in [2.75, 3.05) is 7.11 Å². The van der Waals surface area contributed by atoms with Crippen molar-refractivity contribution >= 4 is 23.8 Å². The second kappa shape index (κ2) is 8.78. The molecule has 0 heterocycles. The minimum Gasteiger partial charge on any atom is -0.466 e. The molecule has 0 saturated heterocycles. The van der Waals surface area contributed by atoms with Gasteiger partial charge < -0.3 is 19.5 Å². The van der Waals surface area contributed by atoms with Gasteiger partial charge in [0.15, 0.2) is 0 Å². The predicted octanol–water partition coefficient (Wildman–Crippen LogP) is 0.913. The number of carbonyl (C=O) groups excluding carboxylic acids is 4. The highest BCUT2D eigenvalue weighted by Gasteiger charge is 2.56. The number of halogens is 3. The van der Waals surface area contributed by atoms with E-state index in [2.05, 4.69) is 14.8 Å². The molecular formula is C14H17F3N4O7. The fourth-order valence-corrected chi connectivity index (χ4v) is 2.94. The molecule has 1 saturated carbocycles. The van der Waals surface area contributed by atoms with Gasteiger partial charge in [0.2, 0.25) is 5.60 Å². The van der Waals surface area contributed by atoms with Crippen LogP contribution in [0.2, 0.25) is 0 Å². The van der Waals surface area contributed by atoms with E-state index in [-0.39, 0.29) is 0 Å². The number of ether oxygens (including phenoxy) is 3. The second-order valence-corrected chi connectivity index (χ2v) is 5.91. The van der Waals surface area contributed by atoms with Gasteiger partial charge in [0.1, 0.15) is 6.10 Å². The molecule has 14 heteroatoms. The summed E-state index contributed by atoms with van der Waals surface area (Å²) >= 11 is 0. The number of hydrogen-bond donors (Lipinski definition) is 1. The molecule has 0 spiro atoms. The smallest absolute Gasteiger partial charge is 0.466 e. The molecule has 1 fully saturated rings. The Bertz CT molecular complexity index is 708. The number of esters is 3. The van der Waals surface area contributed by atoms with Crippen molar-refractivity contribution in [3.63, 3.8) is 0 Å². The van der Waals surface area contributed by atoms with Crippen LogP contribution < -0.4 is 5.32 Å². The lowest BCUT2D eigenvalue weighted by Gasteiger charge is -2.44. The minimum atomic E-state index is -5.29. The molecule has 0 aliphatic heterocycles. The first kappa shape index (κ1) is 23.0. The van der Waals surface area contributed by atoms with Crippen LogP contribution in [-0.2, 0) is 33.4 Å². The van der Waals surface area contributed by atoms with Crippen LogP contribution in [0.25, 0.3) is 10.4 Å². The van der Waals surface area contributed by atoms with Crippen LogP contribution in [0.5, 0.6) is 0 Å². The van der Waals surface area contributed by atoms with Gasteiger partial charge in [-0.3, -0.25) is 14.4 Å². The number of alkyl halides is 3. The molecule has 1 amide bonds. The Hall–Kier alpha value is -3.02. The van der Waals surface area contributed by atoms with Gasteiger partial charge in [-0.15, -0.1) is 0 Å². The first-order chi connectivity index (χ1) is 12.9. The molecule has 0 bridgehead atoms. The van der Waals surface area contributed by atoms with Gasteiger partial charge in [0, 0.05) is 37.6 Å². The van der Waals surface area contributed by atoms with E-state index < -0.39 is 66.6 Å². The first-order valence-corrected chi connectivity index (χ1v) is 7.73. The SMILES string of the molecule is COC(=O)[C@]1(OC(C)=O)C[C@H](NC(=O)C(F)(F)F)[C@@H](N=[N+]=[N-])[C@H](OC(C)=O)C1. The predicted molar refractivity (Wildman–Crippen MR) is 82.2 cm³/mol. The van der Waals surface area contributed by atoms with Crippen molar-refractivity contribution < 1.29 is 46.6 Å². The summed E-state index contributed by atoms with van der Waals surface area (Å²) in [5.41, 5.74) is 6.54. The molecule has 1 rings (SSSR count). The topological polar surface area (TPSA) is 157 Å². The van der Waals surface area contributed by atoms with Gasteiger partial charge in [-0.05, 0) is 5.53 Å². The molecule has 4 atom stereocenters. The number of nitrogens with zero attached hydrogens (tertiary/aromatic N) is 3. The van der Waals surface area contributed by atoms with E-state index in [1.54, 1.807) is 5.32 Å². The fourth-order valence-electron chi connectivity index (χ4n) is 2.94. The molecule has 156 valence electrons. The Morgan fingerprint density at radius 1 is 1.18 bits per heavy atom. The normalized spacial score (nSPS) is 27.0. The fraction of sp³-hybridized carbons (Fsp3) is 0.714. The molecule has 0 unspecified atom stereocenters. The maximum absolute atomic E-state index is 12.7. The van der Waals surface area contributed by atoms with E-state index >= 15 is 0 Å². The number of carbonyl (C=O) groups is 4. The van der Waals surface area contributed by atoms with E-state index in [9.17, 15) is 32.3 Å². The second-order valence-electron chi connectivity index (χ2n) is 5.91. The molecule has 28 heavy (non-hydrogen) atoms. The molecule has 11 nitrogen and oxygen atoms in total. The quantitative estimate of drug-likeness (QED) is 0.232. The van der Waals surface area contributed by atoms with Crippen LogP contribution in [0.3, 0.4) is 0 Å². The number of amides is 1. The van der Waals surface area contributed by atoms with E-state index in [1.165, 1.54) is 0 Å². The number of rotatable bonds is 5. The number of nitrogens with one attached hydrogen (secondary N) is 1. The van der Waals surface area contributed by atoms with Gasteiger partial charge in [0.05, 0.1) is 13.2 Å². The van der Waals surface area contributed by atoms with Crippen molar-refractivity contribution in [2.45, 2.75) is 56.7 Å². The Morgan fingerprint density at radius 2 is 1.79 bits per heavy atom. The zero-order valence-corrected chi connectivity index (χ0v) is 15.0. The summed E-state index contributed by atoms with van der Waals surface area (Å²) < 4.78 is 52.5. The van der Waals surface area contributed by atoms with E-state index in [0.717, 1.165) is 21.0 Å². The summed E-state index contributed by atoms with van der Waals surface area (Å²) in [4.78, 5) is 49.0. The van der Waals surface area contributed by atoms with Crippen molar-refractivity contribution in [3.05, 3.63) is 10.4 Å². The van der Waals surface area contributed by atoms with Crippen molar-refractivity contribution in [1.82, 2.24) is 5.32 Å². The third-order valence-electron chi connectivity index (χ3n) is 3.85. The zero-order valence-electron chi connectivity index (χ0n) is 15.0. The van der Waals surface area contributed by atoms with Crippen molar-refractivity contribution in [2.24, 2.45) is 5.11 Å². The molecule has 0 radical (unpaired) electrons. The van der Waals surface area contributed by atoms with Gasteiger partial charge in [-0.2, -0.15) is 13.2 Å². The number of methoxy groups -OCH3 is 1. The van der Waals surface area contributed by atoms with Gasteiger partial charge in [-0.1, -0.05) is 5.11 Å². The van der Waals surface area contributed by atoms with Crippen LogP contribution in [0, 0.1) is 0 Å². The highest BCUT2D eigenvalue weighted by atomic mass is 19.4. The third kappa shape index (κ3) is 5.49. The number of hydrogen-bond acceptors (Lipinski definition) is 8. The summed E-state index contributed by atoms with van der Waals surface area (Å²) in [6.07, 6.45) is -8.03. The Balaban J connectivity index is 3.45. The van der Waals surface area contributed by atoms with Crippen LogP contribution in [0.4, 0.5) is 13.2 Å². The van der Waals surface area contributed by atoms with Crippen LogP contribution >= 0.6 is 0 Å². The van der Waals surface area contributed by atoms with Gasteiger partial charge in [0.25, 0.3) is 0 Å². The van der Waals surface area contributed by atoms with Crippen LogP contribution in [-0.4, -0.2) is 60.9 Å². The van der Waals surface area contributed by atoms with E-state index in [0.29, 0.717) is 0 Å². The average Bonchev–Trinajstić information content (AvgIpc) is 2.55. The lowest BCUT2D eigenvalue weighted by molar-refractivity contribution is -0.195. The molecule has 1 N–H and O–H groups in total. The van der Waals surface area contributed by atoms with E-state index in [4.69, 9.17) is 15.0 Å². The molecule has 0 aromatic heterocycles. The average molecular weight is 410 g/mol. The summed E-state index contributed by atoms with van der Waals surface area (Å²) in [6.45, 7) is 1.91. The first-order valence-electron chi connectivity index (χ1n) is 7.73. The Morgan fingerprint density at radius 3 is 2.21 bits per heavy atom. The minimum absolute atomic E-state index is 0.555. The summed E-state index contributed by atoms with van der Waals surface area (Å²) in [7, 11) is 0.942. The molecule has 0 aromatic rings. The molecule has 0 aromatic carbocycles. The molecule has 1 aliphatic carbocycles. The summed E-state index contributed by atoms with van der Waals surface area (Å²) in [5.74, 6) is -5.42. The van der Waals surface area contributed by atoms with Crippen LogP contribution in [0.15, 0.2) is 5.11 Å². The highest BCUT2D eigenvalue weighted by Crippen LogP contribution is 2.37. The largest absolute Gasteiger partial charge is 0.471 e. The van der Waals surface area contributed by atoms with Crippen molar-refractivity contribution in [3.8, 4) is 0 Å². The summed E-state index contributed by atoms with van der Waals surface area (Å²) in [6, 6.07) is -3.17. The van der Waals surface area contributed by atoms with Crippen LogP contribution in [0.1, 0.15) is 26.7 Å². The monoisotopic (exact) mass is 410 g/mol. The van der Waals surface area contributed by atoms with Crippen molar-refractivity contribution in [1.29, 1.82) is 0 Å². The highest BCUT2D eigenvalue weighted by molar-refractivity contribution is 5.85. The third-order valence-corrected chi connectivity index (χ3v) is 3.85. The molecular weight excluding hydrogens is 393 g/mol. The standard InChI is InChI=1S/C14H17F3N4O7/c1-6(22)27-9-5-13(12(25)26-3,28-7(2)23)4-8(10(9)20-21-18)19-11(24)14(15,16)17/h8-10H,4-5H2,1-3H3,(H,19,24)/t8-,9+,10+,13-/m0/s1. The zero-order chi connectivity index (χ0) is 21.7. The number of azide groups is 1. The summed E-state index contributed by atoms with van der Waals surface area (Å²) in [5, 5.41) is 4.88. The Labute approximate surface area is 156 Å². The lowest BCUT2D eigenvalue weighted by atomic mass is 9.76.